The van der Waals surface area contributed by atoms with Gasteiger partial charge in [0, 0.05) is 17.9 Å². The Bertz CT molecular complexity index is 466. The van der Waals surface area contributed by atoms with Gasteiger partial charge in [0.15, 0.2) is 0 Å². The molecule has 4 nitrogen and oxygen atoms in total. The average Bonchev–Trinajstić information content (AvgIpc) is 2.41. The molecule has 4 N–H and O–H groups in total. The maximum absolute atomic E-state index is 10.9. The van der Waals surface area contributed by atoms with Gasteiger partial charge in [-0.2, -0.15) is 0 Å². The van der Waals surface area contributed by atoms with E-state index < -0.39 is 5.97 Å². The molecule has 0 bridgehead atoms. The van der Waals surface area contributed by atoms with Crippen LogP contribution < -0.4 is 11.1 Å². The predicted octanol–water partition coefficient (Wildman–Crippen LogP) is 3.60. The maximum Gasteiger partial charge on any atom is 0.337 e. The Morgan fingerprint density at radius 2 is 2.05 bits per heavy atom. The highest BCUT2D eigenvalue weighted by Gasteiger charge is 2.17. The first-order valence-corrected chi connectivity index (χ1v) is 7.43. The van der Waals surface area contributed by atoms with Crippen LogP contribution in [0.5, 0.6) is 0 Å². The summed E-state index contributed by atoms with van der Waals surface area (Å²) in [5, 5.41) is 12.3. The van der Waals surface area contributed by atoms with E-state index in [1.165, 1.54) is 32.1 Å². The van der Waals surface area contributed by atoms with Crippen molar-refractivity contribution in [1.82, 2.24) is 0 Å². The van der Waals surface area contributed by atoms with Crippen molar-refractivity contribution in [3.63, 3.8) is 0 Å². The number of carboxylic acids is 1. The zero-order valence-corrected chi connectivity index (χ0v) is 12.1. The van der Waals surface area contributed by atoms with Gasteiger partial charge in [0.25, 0.3) is 0 Å². The third kappa shape index (κ3) is 3.89. The normalized spacial score (nSPS) is 22.4. The van der Waals surface area contributed by atoms with Crippen molar-refractivity contribution >= 4 is 17.3 Å². The fraction of sp³-hybridized carbons (Fsp3) is 0.562. The Balaban J connectivity index is 1.79. The third-order valence-corrected chi connectivity index (χ3v) is 4.30. The SMILES string of the molecule is CC1CCC(CCNc2ccc(C(=O)O)c(N)c2)CC1. The van der Waals surface area contributed by atoms with Crippen molar-refractivity contribution < 1.29 is 9.90 Å². The van der Waals surface area contributed by atoms with E-state index in [2.05, 4.69) is 12.2 Å². The van der Waals surface area contributed by atoms with Crippen molar-refractivity contribution in [3.8, 4) is 0 Å². The lowest BCUT2D eigenvalue weighted by Gasteiger charge is -2.26. The Kier molecular flexibility index (Phi) is 4.88. The molecule has 0 atom stereocenters. The summed E-state index contributed by atoms with van der Waals surface area (Å²) in [6, 6.07) is 5.04. The topological polar surface area (TPSA) is 75.3 Å². The monoisotopic (exact) mass is 276 g/mol. The van der Waals surface area contributed by atoms with E-state index >= 15 is 0 Å². The van der Waals surface area contributed by atoms with Gasteiger partial charge in [-0.1, -0.05) is 32.6 Å². The molecular weight excluding hydrogens is 252 g/mol. The zero-order valence-electron chi connectivity index (χ0n) is 12.1. The van der Waals surface area contributed by atoms with E-state index in [0.717, 1.165) is 24.1 Å². The molecule has 0 spiro atoms. The molecule has 110 valence electrons. The Morgan fingerprint density at radius 1 is 1.35 bits per heavy atom. The fourth-order valence-electron chi connectivity index (χ4n) is 2.91. The number of benzene rings is 1. The largest absolute Gasteiger partial charge is 0.478 e. The van der Waals surface area contributed by atoms with Gasteiger partial charge in [0.1, 0.15) is 0 Å². The van der Waals surface area contributed by atoms with Gasteiger partial charge >= 0.3 is 5.97 Å². The summed E-state index contributed by atoms with van der Waals surface area (Å²) in [5.74, 6) is 0.738. The van der Waals surface area contributed by atoms with Crippen LogP contribution in [0.2, 0.25) is 0 Å². The molecule has 1 aliphatic rings. The van der Waals surface area contributed by atoms with Crippen LogP contribution in [0.4, 0.5) is 11.4 Å². The smallest absolute Gasteiger partial charge is 0.337 e. The van der Waals surface area contributed by atoms with Gasteiger partial charge in [0.05, 0.1) is 5.56 Å². The fourth-order valence-corrected chi connectivity index (χ4v) is 2.91. The summed E-state index contributed by atoms with van der Waals surface area (Å²) in [6.45, 7) is 3.26. The van der Waals surface area contributed by atoms with Crippen LogP contribution in [-0.4, -0.2) is 17.6 Å². The molecule has 0 aromatic heterocycles. The van der Waals surface area contributed by atoms with E-state index in [0.29, 0.717) is 5.69 Å². The maximum atomic E-state index is 10.9. The van der Waals surface area contributed by atoms with E-state index in [1.807, 2.05) is 0 Å². The second kappa shape index (κ2) is 6.64. The van der Waals surface area contributed by atoms with Crippen molar-refractivity contribution in [2.24, 2.45) is 11.8 Å². The number of nitrogens with two attached hydrogens (primary N) is 1. The first-order valence-electron chi connectivity index (χ1n) is 7.43. The minimum absolute atomic E-state index is 0.164. The molecule has 0 saturated heterocycles. The summed E-state index contributed by atoms with van der Waals surface area (Å²) in [6.07, 6.45) is 6.55. The lowest BCUT2D eigenvalue weighted by molar-refractivity contribution is 0.0698. The van der Waals surface area contributed by atoms with Crippen LogP contribution in [0.3, 0.4) is 0 Å². The Hall–Kier alpha value is -1.71. The number of hydrogen-bond acceptors (Lipinski definition) is 3. The van der Waals surface area contributed by atoms with Crippen LogP contribution in [0.25, 0.3) is 0 Å². The van der Waals surface area contributed by atoms with Crippen LogP contribution in [0, 0.1) is 11.8 Å². The highest BCUT2D eigenvalue weighted by molar-refractivity contribution is 5.94. The van der Waals surface area contributed by atoms with Crippen LogP contribution in [0.1, 0.15) is 49.4 Å². The van der Waals surface area contributed by atoms with E-state index in [9.17, 15) is 4.79 Å². The number of carboxylic acid groups (broad SMARTS) is 1. The molecule has 0 aliphatic heterocycles. The predicted molar refractivity (Wildman–Crippen MR) is 82.0 cm³/mol. The quantitative estimate of drug-likeness (QED) is 0.718. The van der Waals surface area contributed by atoms with Crippen molar-refractivity contribution in [3.05, 3.63) is 23.8 Å². The van der Waals surface area contributed by atoms with Gasteiger partial charge in [-0.15, -0.1) is 0 Å². The molecule has 20 heavy (non-hydrogen) atoms. The number of rotatable bonds is 5. The lowest BCUT2D eigenvalue weighted by atomic mass is 9.81. The van der Waals surface area contributed by atoms with Crippen LogP contribution in [-0.2, 0) is 0 Å². The highest BCUT2D eigenvalue weighted by atomic mass is 16.4. The third-order valence-electron chi connectivity index (χ3n) is 4.30. The average molecular weight is 276 g/mol. The van der Waals surface area contributed by atoms with Crippen LogP contribution in [0.15, 0.2) is 18.2 Å². The number of carbonyl (C=O) groups is 1. The molecule has 0 amide bonds. The summed E-state index contributed by atoms with van der Waals surface area (Å²) in [4.78, 5) is 10.9. The molecule has 4 heteroatoms. The molecule has 1 aromatic rings. The van der Waals surface area contributed by atoms with E-state index in [-0.39, 0.29) is 5.56 Å². The van der Waals surface area contributed by atoms with Gasteiger partial charge in [-0.25, -0.2) is 4.79 Å². The number of anilines is 2. The lowest BCUT2D eigenvalue weighted by Crippen LogP contribution is -2.16. The molecule has 0 unspecified atom stereocenters. The van der Waals surface area contributed by atoms with Crippen LogP contribution >= 0.6 is 0 Å². The molecule has 1 aliphatic carbocycles. The van der Waals surface area contributed by atoms with Gasteiger partial charge in [0.2, 0.25) is 0 Å². The highest BCUT2D eigenvalue weighted by Crippen LogP contribution is 2.30. The minimum Gasteiger partial charge on any atom is -0.478 e. The summed E-state index contributed by atoms with van der Waals surface area (Å²) < 4.78 is 0. The van der Waals surface area contributed by atoms with Gasteiger partial charge < -0.3 is 16.2 Å². The molecule has 1 aromatic carbocycles. The molecule has 1 saturated carbocycles. The summed E-state index contributed by atoms with van der Waals surface area (Å²) in [7, 11) is 0. The van der Waals surface area contributed by atoms with Gasteiger partial charge in [-0.3, -0.25) is 0 Å². The van der Waals surface area contributed by atoms with Crippen molar-refractivity contribution in [2.45, 2.75) is 39.0 Å². The molecule has 1 fully saturated rings. The Morgan fingerprint density at radius 3 is 2.65 bits per heavy atom. The first kappa shape index (κ1) is 14.7. The standard InChI is InChI=1S/C16H24N2O2/c1-11-2-4-12(5-3-11)8-9-18-13-6-7-14(16(19)20)15(17)10-13/h6-7,10-12,18H,2-5,8-9,17H2,1H3,(H,19,20). The Labute approximate surface area is 120 Å². The van der Waals surface area contributed by atoms with E-state index in [4.69, 9.17) is 10.8 Å². The summed E-state index contributed by atoms with van der Waals surface area (Å²) >= 11 is 0. The second-order valence-corrected chi connectivity index (χ2v) is 5.95. The van der Waals surface area contributed by atoms with Crippen molar-refractivity contribution in [1.29, 1.82) is 0 Å². The second-order valence-electron chi connectivity index (χ2n) is 5.95. The first-order chi connectivity index (χ1) is 9.56. The molecular formula is C16H24N2O2. The van der Waals surface area contributed by atoms with Gasteiger partial charge in [-0.05, 0) is 36.5 Å². The number of hydrogen-bond donors (Lipinski definition) is 3. The number of nitrogen functional groups attached to an aromatic ring is 1. The van der Waals surface area contributed by atoms with E-state index in [1.54, 1.807) is 18.2 Å². The summed E-state index contributed by atoms with van der Waals surface area (Å²) in [5.41, 5.74) is 7.11. The minimum atomic E-state index is -0.981. The molecule has 0 radical (unpaired) electrons. The number of nitrogens with one attached hydrogen (secondary N) is 1. The van der Waals surface area contributed by atoms with Crippen molar-refractivity contribution in [2.75, 3.05) is 17.6 Å². The zero-order chi connectivity index (χ0) is 14.5. The molecule has 2 rings (SSSR count). The number of aromatic carboxylic acids is 1. The molecule has 0 heterocycles.